The molecule has 0 spiro atoms. The standard InChI is InChI=1S/C14H22N2O.ClH/c1-3-12-4-6-13(7-5-12)8-11-16-14(17)9-10-15-2;/h4-7,15H,3,8-11H2,1-2H3,(H,16,17);1H. The van der Waals surface area contributed by atoms with Gasteiger partial charge in [-0.3, -0.25) is 4.79 Å². The van der Waals surface area contributed by atoms with Gasteiger partial charge in [0.25, 0.3) is 0 Å². The van der Waals surface area contributed by atoms with Crippen molar-refractivity contribution >= 4 is 18.3 Å². The minimum absolute atomic E-state index is 0. The average molecular weight is 271 g/mol. The Morgan fingerprint density at radius 1 is 1.11 bits per heavy atom. The fraction of sp³-hybridized carbons (Fsp3) is 0.500. The third-order valence-corrected chi connectivity index (χ3v) is 2.77. The van der Waals surface area contributed by atoms with E-state index in [2.05, 4.69) is 41.8 Å². The quantitative estimate of drug-likeness (QED) is 0.795. The zero-order chi connectivity index (χ0) is 12.5. The van der Waals surface area contributed by atoms with Gasteiger partial charge in [0.05, 0.1) is 0 Å². The van der Waals surface area contributed by atoms with Gasteiger partial charge < -0.3 is 10.6 Å². The summed E-state index contributed by atoms with van der Waals surface area (Å²) in [6.45, 7) is 3.60. The summed E-state index contributed by atoms with van der Waals surface area (Å²) in [5, 5.41) is 5.87. The highest BCUT2D eigenvalue weighted by Gasteiger charge is 1.99. The van der Waals surface area contributed by atoms with Gasteiger partial charge in [-0.05, 0) is 31.0 Å². The highest BCUT2D eigenvalue weighted by atomic mass is 35.5. The topological polar surface area (TPSA) is 41.1 Å². The second kappa shape index (κ2) is 9.92. The van der Waals surface area contributed by atoms with Crippen LogP contribution in [0.15, 0.2) is 24.3 Å². The molecule has 0 unspecified atom stereocenters. The van der Waals surface area contributed by atoms with Crippen LogP contribution < -0.4 is 10.6 Å². The summed E-state index contributed by atoms with van der Waals surface area (Å²) in [5.41, 5.74) is 2.63. The summed E-state index contributed by atoms with van der Waals surface area (Å²) in [5.74, 6) is 0.115. The molecule has 0 aliphatic rings. The highest BCUT2D eigenvalue weighted by molar-refractivity contribution is 5.85. The third-order valence-electron chi connectivity index (χ3n) is 2.77. The predicted octanol–water partition coefficient (Wildman–Crippen LogP) is 1.94. The monoisotopic (exact) mass is 270 g/mol. The Kier molecular flexibility index (Phi) is 9.33. The Balaban J connectivity index is 0.00000289. The number of hydrogen-bond acceptors (Lipinski definition) is 2. The van der Waals surface area contributed by atoms with Gasteiger partial charge in [0.15, 0.2) is 0 Å². The molecule has 2 N–H and O–H groups in total. The molecule has 1 rings (SSSR count). The van der Waals surface area contributed by atoms with Crippen LogP contribution in [0.4, 0.5) is 0 Å². The number of aryl methyl sites for hydroxylation is 1. The van der Waals surface area contributed by atoms with E-state index in [4.69, 9.17) is 0 Å². The lowest BCUT2D eigenvalue weighted by molar-refractivity contribution is -0.120. The number of halogens is 1. The SMILES string of the molecule is CCc1ccc(CCNC(=O)CCNC)cc1.Cl. The fourth-order valence-electron chi connectivity index (χ4n) is 1.61. The van der Waals surface area contributed by atoms with Crippen LogP contribution in [0, 0.1) is 0 Å². The van der Waals surface area contributed by atoms with Crippen LogP contribution in [-0.2, 0) is 17.6 Å². The second-order valence-corrected chi connectivity index (χ2v) is 4.12. The predicted molar refractivity (Wildman–Crippen MR) is 78.3 cm³/mol. The van der Waals surface area contributed by atoms with Crippen molar-refractivity contribution in [1.29, 1.82) is 0 Å². The largest absolute Gasteiger partial charge is 0.356 e. The molecule has 0 aromatic heterocycles. The van der Waals surface area contributed by atoms with Crippen LogP contribution in [0.3, 0.4) is 0 Å². The normalized spacial score (nSPS) is 9.67. The van der Waals surface area contributed by atoms with E-state index in [0.717, 1.165) is 19.4 Å². The first kappa shape index (κ1) is 16.9. The van der Waals surface area contributed by atoms with Crippen LogP contribution in [0.5, 0.6) is 0 Å². The van der Waals surface area contributed by atoms with E-state index in [1.807, 2.05) is 7.05 Å². The first-order valence-corrected chi connectivity index (χ1v) is 6.25. The number of benzene rings is 1. The van der Waals surface area contributed by atoms with E-state index >= 15 is 0 Å². The first-order valence-electron chi connectivity index (χ1n) is 6.25. The lowest BCUT2D eigenvalue weighted by Crippen LogP contribution is -2.28. The molecule has 0 aliphatic heterocycles. The summed E-state index contributed by atoms with van der Waals surface area (Å²) in [6, 6.07) is 8.58. The van der Waals surface area contributed by atoms with Crippen molar-refractivity contribution in [2.24, 2.45) is 0 Å². The molecule has 18 heavy (non-hydrogen) atoms. The van der Waals surface area contributed by atoms with E-state index in [-0.39, 0.29) is 18.3 Å². The molecular weight excluding hydrogens is 248 g/mol. The second-order valence-electron chi connectivity index (χ2n) is 4.12. The molecule has 0 saturated heterocycles. The lowest BCUT2D eigenvalue weighted by atomic mass is 10.1. The third kappa shape index (κ3) is 6.62. The van der Waals surface area contributed by atoms with Crippen LogP contribution in [-0.4, -0.2) is 26.0 Å². The molecule has 0 atom stereocenters. The molecule has 0 fully saturated rings. The molecule has 102 valence electrons. The molecule has 0 bridgehead atoms. The summed E-state index contributed by atoms with van der Waals surface area (Å²) >= 11 is 0. The van der Waals surface area contributed by atoms with Crippen LogP contribution in [0.1, 0.15) is 24.5 Å². The van der Waals surface area contributed by atoms with Crippen LogP contribution in [0.2, 0.25) is 0 Å². The Hall–Kier alpha value is -1.06. The Morgan fingerprint density at radius 2 is 1.72 bits per heavy atom. The number of amides is 1. The smallest absolute Gasteiger partial charge is 0.221 e. The Bertz CT molecular complexity index is 338. The number of rotatable bonds is 7. The zero-order valence-corrected chi connectivity index (χ0v) is 12.0. The summed E-state index contributed by atoms with van der Waals surface area (Å²) in [7, 11) is 1.85. The van der Waals surface area contributed by atoms with E-state index in [0.29, 0.717) is 13.0 Å². The summed E-state index contributed by atoms with van der Waals surface area (Å²) in [4.78, 5) is 11.3. The van der Waals surface area contributed by atoms with Crippen molar-refractivity contribution in [3.63, 3.8) is 0 Å². The molecule has 3 nitrogen and oxygen atoms in total. The van der Waals surface area contributed by atoms with Crippen molar-refractivity contribution < 1.29 is 4.79 Å². The van der Waals surface area contributed by atoms with Crippen molar-refractivity contribution in [3.8, 4) is 0 Å². The lowest BCUT2D eigenvalue weighted by Gasteiger charge is -2.05. The molecule has 1 aromatic carbocycles. The molecule has 0 heterocycles. The van der Waals surface area contributed by atoms with Crippen molar-refractivity contribution in [2.75, 3.05) is 20.1 Å². The van der Waals surface area contributed by atoms with Crippen LogP contribution >= 0.6 is 12.4 Å². The van der Waals surface area contributed by atoms with E-state index < -0.39 is 0 Å². The van der Waals surface area contributed by atoms with E-state index in [1.54, 1.807) is 0 Å². The van der Waals surface area contributed by atoms with Gasteiger partial charge in [-0.2, -0.15) is 0 Å². The van der Waals surface area contributed by atoms with E-state index in [9.17, 15) is 4.79 Å². The molecule has 4 heteroatoms. The van der Waals surface area contributed by atoms with Gasteiger partial charge >= 0.3 is 0 Å². The first-order chi connectivity index (χ1) is 8.26. The van der Waals surface area contributed by atoms with Gasteiger partial charge in [0, 0.05) is 19.5 Å². The Morgan fingerprint density at radius 3 is 2.28 bits per heavy atom. The van der Waals surface area contributed by atoms with Gasteiger partial charge in [-0.1, -0.05) is 31.2 Å². The van der Waals surface area contributed by atoms with Crippen molar-refractivity contribution in [2.45, 2.75) is 26.2 Å². The van der Waals surface area contributed by atoms with Gasteiger partial charge in [-0.15, -0.1) is 12.4 Å². The van der Waals surface area contributed by atoms with Crippen LogP contribution in [0.25, 0.3) is 0 Å². The summed E-state index contributed by atoms with van der Waals surface area (Å²) in [6.07, 6.45) is 2.52. The van der Waals surface area contributed by atoms with Gasteiger partial charge in [0.2, 0.25) is 5.91 Å². The number of carbonyl (C=O) groups is 1. The fourth-order valence-corrected chi connectivity index (χ4v) is 1.61. The molecular formula is C14H23ClN2O. The highest BCUT2D eigenvalue weighted by Crippen LogP contribution is 2.05. The number of hydrogen-bond donors (Lipinski definition) is 2. The minimum Gasteiger partial charge on any atom is -0.356 e. The molecule has 1 aromatic rings. The van der Waals surface area contributed by atoms with Crippen molar-refractivity contribution in [3.05, 3.63) is 35.4 Å². The molecule has 0 aliphatic carbocycles. The van der Waals surface area contributed by atoms with E-state index in [1.165, 1.54) is 11.1 Å². The Labute approximate surface area is 116 Å². The average Bonchev–Trinajstić information content (AvgIpc) is 2.37. The minimum atomic E-state index is 0. The zero-order valence-electron chi connectivity index (χ0n) is 11.2. The van der Waals surface area contributed by atoms with Gasteiger partial charge in [-0.25, -0.2) is 0 Å². The van der Waals surface area contributed by atoms with Crippen molar-refractivity contribution in [1.82, 2.24) is 10.6 Å². The summed E-state index contributed by atoms with van der Waals surface area (Å²) < 4.78 is 0. The molecule has 0 saturated carbocycles. The molecule has 1 amide bonds. The maximum absolute atomic E-state index is 11.3. The maximum Gasteiger partial charge on any atom is 0.221 e. The number of nitrogens with one attached hydrogen (secondary N) is 2. The maximum atomic E-state index is 11.3. The molecule has 0 radical (unpaired) electrons. The number of carbonyl (C=O) groups excluding carboxylic acids is 1. The van der Waals surface area contributed by atoms with Gasteiger partial charge in [0.1, 0.15) is 0 Å².